The molecule has 1 aromatic carbocycles. The van der Waals surface area contributed by atoms with Crippen molar-refractivity contribution in [3.8, 4) is 0 Å². The molecular weight excluding hydrogens is 396 g/mol. The number of non-ortho nitro benzene ring substituents is 1. The van der Waals surface area contributed by atoms with Gasteiger partial charge in [0.25, 0.3) is 21.4 Å². The van der Waals surface area contributed by atoms with E-state index >= 15 is 0 Å². The second kappa shape index (κ2) is 7.21. The lowest BCUT2D eigenvalue weighted by Crippen LogP contribution is -2.48. The zero-order valence-corrected chi connectivity index (χ0v) is 15.9. The Morgan fingerprint density at radius 3 is 2.19 bits per heavy atom. The number of sulfonamides is 1. The van der Waals surface area contributed by atoms with Crippen LogP contribution in [0.3, 0.4) is 0 Å². The Hall–Kier alpha value is -2.57. The lowest BCUT2D eigenvalue weighted by molar-refractivity contribution is -0.393. The summed E-state index contributed by atoms with van der Waals surface area (Å²) in [5, 5.41) is 22.2. The van der Waals surface area contributed by atoms with Crippen molar-refractivity contribution in [2.75, 3.05) is 31.1 Å². The number of benzene rings is 1. The number of piperazine rings is 1. The van der Waals surface area contributed by atoms with Gasteiger partial charge >= 0.3 is 0 Å². The first kappa shape index (κ1) is 19.2. The molecule has 0 radical (unpaired) electrons. The molecule has 0 unspecified atom stereocenters. The van der Waals surface area contributed by atoms with E-state index in [-0.39, 0.29) is 47.5 Å². The second-order valence-corrected chi connectivity index (χ2v) is 9.40. The van der Waals surface area contributed by atoms with E-state index in [1.54, 1.807) is 17.0 Å². The first-order valence-corrected chi connectivity index (χ1v) is 10.2. The summed E-state index contributed by atoms with van der Waals surface area (Å²) in [6.45, 7) is 2.68. The Labute approximate surface area is 159 Å². The number of rotatable bonds is 5. The Balaban J connectivity index is 1.80. The van der Waals surface area contributed by atoms with Crippen LogP contribution >= 0.6 is 11.3 Å². The third-order valence-electron chi connectivity index (χ3n) is 4.26. The molecule has 27 heavy (non-hydrogen) atoms. The third kappa shape index (κ3) is 3.77. The van der Waals surface area contributed by atoms with E-state index in [0.29, 0.717) is 0 Å². The molecule has 0 N–H and O–H groups in total. The minimum Gasteiger partial charge on any atom is -0.363 e. The number of nitro benzene ring substituents is 2. The largest absolute Gasteiger partial charge is 0.363 e. The molecule has 12 heteroatoms. The van der Waals surface area contributed by atoms with Crippen LogP contribution in [0.25, 0.3) is 0 Å². The molecule has 1 aromatic heterocycles. The van der Waals surface area contributed by atoms with Crippen LogP contribution in [-0.2, 0) is 10.0 Å². The molecule has 2 heterocycles. The average molecular weight is 412 g/mol. The number of nitrogens with zero attached hydrogens (tertiary/aromatic N) is 4. The fourth-order valence-electron chi connectivity index (χ4n) is 2.89. The summed E-state index contributed by atoms with van der Waals surface area (Å²) in [5.74, 6) is 0. The van der Waals surface area contributed by atoms with Gasteiger partial charge in [-0.3, -0.25) is 20.2 Å². The van der Waals surface area contributed by atoms with Gasteiger partial charge in [0, 0.05) is 37.1 Å². The van der Waals surface area contributed by atoms with Crippen LogP contribution in [0, 0.1) is 27.2 Å². The fraction of sp³-hybridized carbons (Fsp3) is 0.333. The van der Waals surface area contributed by atoms with Crippen molar-refractivity contribution < 1.29 is 18.3 Å². The summed E-state index contributed by atoms with van der Waals surface area (Å²) in [5.41, 5.74) is -0.483. The van der Waals surface area contributed by atoms with Gasteiger partial charge in [0.05, 0.1) is 15.9 Å². The van der Waals surface area contributed by atoms with Gasteiger partial charge in [-0.05, 0) is 25.1 Å². The summed E-state index contributed by atoms with van der Waals surface area (Å²) < 4.78 is 27.0. The van der Waals surface area contributed by atoms with Gasteiger partial charge in [-0.15, -0.1) is 11.3 Å². The van der Waals surface area contributed by atoms with E-state index in [1.165, 1.54) is 27.8 Å². The summed E-state index contributed by atoms with van der Waals surface area (Å²) in [4.78, 5) is 23.4. The van der Waals surface area contributed by atoms with Crippen LogP contribution in [0.4, 0.5) is 17.1 Å². The van der Waals surface area contributed by atoms with Crippen molar-refractivity contribution in [1.29, 1.82) is 0 Å². The molecule has 3 rings (SSSR count). The Bertz CT molecular complexity index is 995. The third-order valence-corrected chi connectivity index (χ3v) is 7.62. The molecular formula is C15H16N4O6S2. The molecule has 0 amide bonds. The topological polar surface area (TPSA) is 127 Å². The highest BCUT2D eigenvalue weighted by Crippen LogP contribution is 2.33. The molecule has 1 fully saturated rings. The molecule has 0 bridgehead atoms. The zero-order valence-electron chi connectivity index (χ0n) is 14.3. The highest BCUT2D eigenvalue weighted by atomic mass is 32.2. The predicted molar refractivity (Wildman–Crippen MR) is 99.8 cm³/mol. The van der Waals surface area contributed by atoms with E-state index in [9.17, 15) is 28.6 Å². The van der Waals surface area contributed by atoms with Crippen LogP contribution in [0.15, 0.2) is 34.5 Å². The standard InChI is InChI=1S/C15H16N4O6S2/c1-11-2-5-15(26-11)27(24,25)17-8-6-16(7-9-17)13-4-3-12(18(20)21)10-14(13)19(22)23/h2-5,10H,6-9H2,1H3. The van der Waals surface area contributed by atoms with Crippen molar-refractivity contribution in [3.05, 3.63) is 55.4 Å². The smallest absolute Gasteiger partial charge is 0.299 e. The Morgan fingerprint density at radius 1 is 1.00 bits per heavy atom. The Kier molecular flexibility index (Phi) is 5.13. The number of thiophene rings is 1. The number of hydrogen-bond acceptors (Lipinski definition) is 8. The second-order valence-electron chi connectivity index (χ2n) is 5.94. The monoisotopic (exact) mass is 412 g/mol. The molecule has 1 aliphatic heterocycles. The number of anilines is 1. The Morgan fingerprint density at radius 2 is 1.67 bits per heavy atom. The molecule has 1 saturated heterocycles. The van der Waals surface area contributed by atoms with E-state index in [1.807, 2.05) is 6.92 Å². The van der Waals surface area contributed by atoms with Gasteiger partial charge in [0.1, 0.15) is 9.90 Å². The number of hydrogen-bond donors (Lipinski definition) is 0. The van der Waals surface area contributed by atoms with Gasteiger partial charge in [-0.1, -0.05) is 0 Å². The molecule has 144 valence electrons. The van der Waals surface area contributed by atoms with Crippen LogP contribution in [0.2, 0.25) is 0 Å². The van der Waals surface area contributed by atoms with Crippen LogP contribution < -0.4 is 4.90 Å². The lowest BCUT2D eigenvalue weighted by Gasteiger charge is -2.34. The molecule has 0 spiro atoms. The predicted octanol–water partition coefficient (Wildman–Crippen LogP) is 2.38. The zero-order chi connectivity index (χ0) is 19.8. The van der Waals surface area contributed by atoms with Crippen molar-refractivity contribution in [2.24, 2.45) is 0 Å². The fourth-order valence-corrected chi connectivity index (χ4v) is 5.75. The maximum Gasteiger partial charge on any atom is 0.299 e. The summed E-state index contributed by atoms with van der Waals surface area (Å²) >= 11 is 1.20. The van der Waals surface area contributed by atoms with E-state index < -0.39 is 19.9 Å². The minimum atomic E-state index is -3.59. The SMILES string of the molecule is Cc1ccc(S(=O)(=O)N2CCN(c3ccc([N+](=O)[O-])cc3[N+](=O)[O-])CC2)s1. The van der Waals surface area contributed by atoms with Crippen molar-refractivity contribution in [3.63, 3.8) is 0 Å². The summed E-state index contributed by atoms with van der Waals surface area (Å²) in [6, 6.07) is 6.78. The first-order chi connectivity index (χ1) is 12.7. The van der Waals surface area contributed by atoms with Crippen LogP contribution in [0.1, 0.15) is 4.88 Å². The summed E-state index contributed by atoms with van der Waals surface area (Å²) in [6.07, 6.45) is 0. The normalized spacial score (nSPS) is 15.7. The van der Waals surface area contributed by atoms with E-state index in [4.69, 9.17) is 0 Å². The van der Waals surface area contributed by atoms with E-state index in [2.05, 4.69) is 0 Å². The number of aryl methyl sites for hydroxylation is 1. The van der Waals surface area contributed by atoms with Gasteiger partial charge in [-0.25, -0.2) is 8.42 Å². The quantitative estimate of drug-likeness (QED) is 0.545. The number of nitro groups is 2. The lowest BCUT2D eigenvalue weighted by atomic mass is 10.2. The molecule has 2 aromatic rings. The maximum atomic E-state index is 12.7. The highest BCUT2D eigenvalue weighted by Gasteiger charge is 2.32. The van der Waals surface area contributed by atoms with Crippen molar-refractivity contribution >= 4 is 38.4 Å². The van der Waals surface area contributed by atoms with Crippen molar-refractivity contribution in [1.82, 2.24) is 4.31 Å². The van der Waals surface area contributed by atoms with Gasteiger partial charge in [-0.2, -0.15) is 4.31 Å². The van der Waals surface area contributed by atoms with E-state index in [0.717, 1.165) is 10.9 Å². The minimum absolute atomic E-state index is 0.174. The highest BCUT2D eigenvalue weighted by molar-refractivity contribution is 7.91. The van der Waals surface area contributed by atoms with Gasteiger partial charge in [0.15, 0.2) is 0 Å². The molecule has 0 saturated carbocycles. The van der Waals surface area contributed by atoms with Gasteiger partial charge in [0.2, 0.25) is 0 Å². The van der Waals surface area contributed by atoms with Crippen LogP contribution in [0.5, 0.6) is 0 Å². The average Bonchev–Trinajstić information content (AvgIpc) is 3.08. The molecule has 0 atom stereocenters. The molecule has 1 aliphatic rings. The van der Waals surface area contributed by atoms with Crippen molar-refractivity contribution in [2.45, 2.75) is 11.1 Å². The summed E-state index contributed by atoms with van der Waals surface area (Å²) in [7, 11) is -3.59. The van der Waals surface area contributed by atoms with Gasteiger partial charge < -0.3 is 4.90 Å². The molecule has 10 nitrogen and oxygen atoms in total. The molecule has 0 aliphatic carbocycles. The first-order valence-electron chi connectivity index (χ1n) is 7.94. The van der Waals surface area contributed by atoms with Crippen LogP contribution in [-0.4, -0.2) is 48.7 Å². The maximum absolute atomic E-state index is 12.7.